The van der Waals surface area contributed by atoms with Crippen LogP contribution in [0, 0.1) is 0 Å². The summed E-state index contributed by atoms with van der Waals surface area (Å²) in [5.74, 6) is -0.348. The molecule has 28 heavy (non-hydrogen) atoms. The summed E-state index contributed by atoms with van der Waals surface area (Å²) < 4.78 is 5.76. The molecule has 0 saturated heterocycles. The van der Waals surface area contributed by atoms with Gasteiger partial charge in [0.15, 0.2) is 0 Å². The van der Waals surface area contributed by atoms with E-state index in [1.165, 1.54) is 0 Å². The zero-order valence-corrected chi connectivity index (χ0v) is 15.8. The fraction of sp³-hybridized carbons (Fsp3) is 0.182. The second-order valence-electron chi connectivity index (χ2n) is 6.61. The van der Waals surface area contributed by atoms with Crippen LogP contribution in [0.3, 0.4) is 0 Å². The molecule has 4 rings (SSSR count). The summed E-state index contributed by atoms with van der Waals surface area (Å²) in [4.78, 5) is 18.1. The van der Waals surface area contributed by atoms with Gasteiger partial charge in [0.2, 0.25) is 0 Å². The molecule has 2 aromatic carbocycles. The molecule has 0 bridgehead atoms. The van der Waals surface area contributed by atoms with E-state index in [1.54, 1.807) is 18.5 Å². The minimum absolute atomic E-state index is 0.412. The molecule has 0 spiro atoms. The number of carboxylic acid groups (broad SMARTS) is 1. The van der Waals surface area contributed by atoms with Gasteiger partial charge in [-0.05, 0) is 23.3 Å². The van der Waals surface area contributed by atoms with Crippen molar-refractivity contribution < 1.29 is 14.6 Å². The molecule has 1 unspecified atom stereocenters. The molecule has 6 heteroatoms. The molecule has 3 aromatic rings. The Morgan fingerprint density at radius 1 is 1.14 bits per heavy atom. The lowest BCUT2D eigenvalue weighted by Gasteiger charge is -2.27. The number of benzene rings is 2. The van der Waals surface area contributed by atoms with E-state index >= 15 is 0 Å². The number of aromatic nitrogens is 1. The van der Waals surface area contributed by atoms with Crippen LogP contribution in [0.5, 0.6) is 5.75 Å². The van der Waals surface area contributed by atoms with Crippen LogP contribution in [0.15, 0.2) is 67.0 Å². The molecular formula is C22H19ClN2O3. The average Bonchev–Trinajstić information content (AvgIpc) is 2.88. The standard InChI is InChI=1S/C22H19ClN2O3/c23-19-8-4-3-7-17(19)16-6-2-1-5-15(16)14-25-11-12-28-20-9-10-24-13-18(20)21(25)22(26)27/h1-10,13,21H,11-12,14H2,(H,26,27). The van der Waals surface area contributed by atoms with Gasteiger partial charge in [-0.1, -0.05) is 54.1 Å². The van der Waals surface area contributed by atoms with Crippen LogP contribution in [0.25, 0.3) is 11.1 Å². The highest BCUT2D eigenvalue weighted by molar-refractivity contribution is 6.33. The SMILES string of the molecule is O=C(O)C1c2cnccc2OCCN1Cc1ccccc1-c1ccccc1Cl. The van der Waals surface area contributed by atoms with Gasteiger partial charge in [0.1, 0.15) is 18.4 Å². The molecule has 142 valence electrons. The summed E-state index contributed by atoms with van der Waals surface area (Å²) in [6, 6.07) is 16.5. The first-order valence-corrected chi connectivity index (χ1v) is 9.39. The zero-order valence-electron chi connectivity index (χ0n) is 15.1. The number of carbonyl (C=O) groups is 1. The minimum Gasteiger partial charge on any atom is -0.492 e. The highest BCUT2D eigenvalue weighted by Crippen LogP contribution is 2.35. The Bertz CT molecular complexity index is 1010. The quantitative estimate of drug-likeness (QED) is 0.709. The van der Waals surface area contributed by atoms with E-state index in [4.69, 9.17) is 16.3 Å². The maximum Gasteiger partial charge on any atom is 0.325 e. The second kappa shape index (κ2) is 8.00. The van der Waals surface area contributed by atoms with Gasteiger partial charge in [-0.15, -0.1) is 0 Å². The maximum atomic E-state index is 12.1. The number of carboxylic acids is 1. The van der Waals surface area contributed by atoms with Gasteiger partial charge in [-0.2, -0.15) is 0 Å². The molecule has 0 saturated carbocycles. The highest BCUT2D eigenvalue weighted by atomic mass is 35.5. The van der Waals surface area contributed by atoms with Crippen LogP contribution in [-0.4, -0.2) is 34.1 Å². The van der Waals surface area contributed by atoms with Crippen molar-refractivity contribution in [2.75, 3.05) is 13.2 Å². The lowest BCUT2D eigenvalue weighted by Crippen LogP contribution is -2.34. The molecule has 0 amide bonds. The molecule has 0 fully saturated rings. The van der Waals surface area contributed by atoms with Gasteiger partial charge < -0.3 is 9.84 Å². The van der Waals surface area contributed by atoms with Gasteiger partial charge in [0, 0.05) is 41.6 Å². The number of aliphatic carboxylic acids is 1. The number of halogens is 1. The molecule has 1 N–H and O–H groups in total. The summed E-state index contributed by atoms with van der Waals surface area (Å²) in [6.07, 6.45) is 3.19. The molecule has 1 aliphatic heterocycles. The highest BCUT2D eigenvalue weighted by Gasteiger charge is 2.33. The summed E-state index contributed by atoms with van der Waals surface area (Å²) in [5.41, 5.74) is 3.51. The molecular weight excluding hydrogens is 376 g/mol. The van der Waals surface area contributed by atoms with E-state index < -0.39 is 12.0 Å². The maximum absolute atomic E-state index is 12.1. The van der Waals surface area contributed by atoms with Gasteiger partial charge in [-0.3, -0.25) is 14.7 Å². The van der Waals surface area contributed by atoms with E-state index in [0.29, 0.717) is 36.0 Å². The van der Waals surface area contributed by atoms with Crippen molar-refractivity contribution in [1.29, 1.82) is 0 Å². The van der Waals surface area contributed by atoms with Gasteiger partial charge in [0.05, 0.1) is 0 Å². The normalized spacial score (nSPS) is 16.7. The van der Waals surface area contributed by atoms with E-state index in [9.17, 15) is 9.90 Å². The third-order valence-corrected chi connectivity index (χ3v) is 5.22. The fourth-order valence-corrected chi connectivity index (χ4v) is 3.85. The number of ether oxygens (including phenoxy) is 1. The van der Waals surface area contributed by atoms with Crippen molar-refractivity contribution in [3.05, 3.63) is 83.1 Å². The Kier molecular flexibility index (Phi) is 5.28. The topological polar surface area (TPSA) is 62.7 Å². The first kappa shape index (κ1) is 18.5. The zero-order chi connectivity index (χ0) is 19.5. The minimum atomic E-state index is -0.921. The van der Waals surface area contributed by atoms with E-state index in [0.717, 1.165) is 16.7 Å². The summed E-state index contributed by atoms with van der Waals surface area (Å²) in [7, 11) is 0. The molecule has 1 aromatic heterocycles. The largest absolute Gasteiger partial charge is 0.492 e. The van der Waals surface area contributed by atoms with Crippen LogP contribution in [-0.2, 0) is 11.3 Å². The van der Waals surface area contributed by atoms with Crippen molar-refractivity contribution in [3.63, 3.8) is 0 Å². The van der Waals surface area contributed by atoms with Gasteiger partial charge in [0.25, 0.3) is 0 Å². The Morgan fingerprint density at radius 2 is 1.89 bits per heavy atom. The summed E-state index contributed by atoms with van der Waals surface area (Å²) in [6.45, 7) is 1.35. The average molecular weight is 395 g/mol. The molecule has 0 aliphatic carbocycles. The summed E-state index contributed by atoms with van der Waals surface area (Å²) in [5, 5.41) is 10.6. The third-order valence-electron chi connectivity index (χ3n) is 4.89. The molecule has 1 atom stereocenters. The fourth-order valence-electron chi connectivity index (χ4n) is 3.61. The van der Waals surface area contributed by atoms with Crippen LogP contribution >= 0.6 is 11.6 Å². The number of hydrogen-bond donors (Lipinski definition) is 1. The Hall–Kier alpha value is -2.89. The monoisotopic (exact) mass is 394 g/mol. The van der Waals surface area contributed by atoms with Crippen molar-refractivity contribution in [2.24, 2.45) is 0 Å². The number of hydrogen-bond acceptors (Lipinski definition) is 4. The smallest absolute Gasteiger partial charge is 0.325 e. The van der Waals surface area contributed by atoms with E-state index in [1.807, 2.05) is 53.4 Å². The van der Waals surface area contributed by atoms with Crippen LogP contribution < -0.4 is 4.74 Å². The lowest BCUT2D eigenvalue weighted by atomic mass is 9.98. The molecule has 1 aliphatic rings. The van der Waals surface area contributed by atoms with E-state index in [-0.39, 0.29) is 0 Å². The first-order chi connectivity index (χ1) is 13.6. The van der Waals surface area contributed by atoms with E-state index in [2.05, 4.69) is 4.98 Å². The molecule has 2 heterocycles. The predicted molar refractivity (Wildman–Crippen MR) is 107 cm³/mol. The Morgan fingerprint density at radius 3 is 2.68 bits per heavy atom. The number of pyridine rings is 1. The number of rotatable bonds is 4. The van der Waals surface area contributed by atoms with Crippen molar-refractivity contribution in [2.45, 2.75) is 12.6 Å². The van der Waals surface area contributed by atoms with Gasteiger partial charge >= 0.3 is 5.97 Å². The van der Waals surface area contributed by atoms with Crippen molar-refractivity contribution in [1.82, 2.24) is 9.88 Å². The Balaban J connectivity index is 1.73. The Labute approximate surface area is 168 Å². The van der Waals surface area contributed by atoms with Crippen LogP contribution in [0.4, 0.5) is 0 Å². The molecule has 0 radical (unpaired) electrons. The number of nitrogens with zero attached hydrogens (tertiary/aromatic N) is 2. The van der Waals surface area contributed by atoms with Crippen molar-refractivity contribution in [3.8, 4) is 16.9 Å². The van der Waals surface area contributed by atoms with Crippen LogP contribution in [0.2, 0.25) is 5.02 Å². The van der Waals surface area contributed by atoms with Crippen LogP contribution in [0.1, 0.15) is 17.2 Å². The molecule has 5 nitrogen and oxygen atoms in total. The lowest BCUT2D eigenvalue weighted by molar-refractivity contribution is -0.143. The third kappa shape index (κ3) is 3.59. The predicted octanol–water partition coefficient (Wildman–Crippen LogP) is 4.42. The first-order valence-electron chi connectivity index (χ1n) is 9.01. The second-order valence-corrected chi connectivity index (χ2v) is 7.02. The van der Waals surface area contributed by atoms with Gasteiger partial charge in [-0.25, -0.2) is 0 Å². The van der Waals surface area contributed by atoms with Crippen molar-refractivity contribution >= 4 is 17.6 Å². The number of fused-ring (bicyclic) bond motifs is 1. The summed E-state index contributed by atoms with van der Waals surface area (Å²) >= 11 is 6.41.